The molecule has 1 heterocycles. The van der Waals surface area contributed by atoms with Crippen molar-refractivity contribution in [2.24, 2.45) is 0 Å². The van der Waals surface area contributed by atoms with Crippen LogP contribution in [0.3, 0.4) is 0 Å². The summed E-state index contributed by atoms with van der Waals surface area (Å²) in [6.07, 6.45) is 1.33. The molecular weight excluding hydrogens is 160 g/mol. The Morgan fingerprint density at radius 1 is 1.83 bits per heavy atom. The zero-order valence-electron chi connectivity index (χ0n) is 6.60. The van der Waals surface area contributed by atoms with Gasteiger partial charge in [-0.3, -0.25) is 0 Å². The Bertz CT molecular complexity index is 293. The Labute approximate surface area is 68.8 Å². The lowest BCUT2D eigenvalue weighted by molar-refractivity contribution is 0.0509. The molecule has 64 valence electrons. The van der Waals surface area contributed by atoms with E-state index in [9.17, 15) is 4.79 Å². The normalized spacial score (nSPS) is 9.42. The van der Waals surface area contributed by atoms with E-state index in [1.54, 1.807) is 6.92 Å². The maximum atomic E-state index is 11.1. The number of nitrogens with zero attached hydrogens (tertiary/aromatic N) is 4. The SMILES string of the molecule is C=Cn1nnnc1C(=O)OCC. The molecule has 0 aliphatic carbocycles. The summed E-state index contributed by atoms with van der Waals surface area (Å²) in [6, 6.07) is 0. The summed E-state index contributed by atoms with van der Waals surface area (Å²) in [6.45, 7) is 5.42. The van der Waals surface area contributed by atoms with E-state index in [0.29, 0.717) is 6.61 Å². The number of carbonyl (C=O) groups is 1. The maximum absolute atomic E-state index is 11.1. The van der Waals surface area contributed by atoms with Gasteiger partial charge < -0.3 is 4.74 Å². The average molecular weight is 168 g/mol. The zero-order valence-corrected chi connectivity index (χ0v) is 6.60. The predicted molar refractivity (Wildman–Crippen MR) is 40.2 cm³/mol. The zero-order chi connectivity index (χ0) is 8.97. The van der Waals surface area contributed by atoms with Crippen molar-refractivity contribution < 1.29 is 9.53 Å². The molecule has 0 aliphatic rings. The third-order valence-electron chi connectivity index (χ3n) is 1.12. The van der Waals surface area contributed by atoms with E-state index >= 15 is 0 Å². The lowest BCUT2D eigenvalue weighted by Gasteiger charge is -1.97. The Morgan fingerprint density at radius 3 is 3.17 bits per heavy atom. The Morgan fingerprint density at radius 2 is 2.58 bits per heavy atom. The van der Waals surface area contributed by atoms with Crippen molar-refractivity contribution in [2.75, 3.05) is 6.61 Å². The Kier molecular flexibility index (Phi) is 2.52. The molecule has 0 saturated carbocycles. The van der Waals surface area contributed by atoms with Gasteiger partial charge in [-0.1, -0.05) is 6.58 Å². The fourth-order valence-corrected chi connectivity index (χ4v) is 0.647. The average Bonchev–Trinajstić information content (AvgIpc) is 2.51. The van der Waals surface area contributed by atoms with E-state index in [4.69, 9.17) is 0 Å². The van der Waals surface area contributed by atoms with Gasteiger partial charge in [-0.15, -0.1) is 5.10 Å². The summed E-state index contributed by atoms with van der Waals surface area (Å²) in [7, 11) is 0. The molecule has 6 nitrogen and oxygen atoms in total. The molecule has 0 fully saturated rings. The molecule has 0 aromatic carbocycles. The summed E-state index contributed by atoms with van der Waals surface area (Å²) in [5.41, 5.74) is 0. The minimum atomic E-state index is -0.553. The molecule has 0 unspecified atom stereocenters. The molecule has 1 aromatic rings. The van der Waals surface area contributed by atoms with Gasteiger partial charge in [0.25, 0.3) is 5.82 Å². The van der Waals surface area contributed by atoms with Crippen molar-refractivity contribution in [3.8, 4) is 0 Å². The Hall–Kier alpha value is -1.72. The second kappa shape index (κ2) is 3.61. The molecule has 12 heavy (non-hydrogen) atoms. The van der Waals surface area contributed by atoms with Crippen molar-refractivity contribution in [3.63, 3.8) is 0 Å². The summed E-state index contributed by atoms with van der Waals surface area (Å²) in [5.74, 6) is -0.519. The highest BCUT2D eigenvalue weighted by atomic mass is 16.5. The fourth-order valence-electron chi connectivity index (χ4n) is 0.647. The maximum Gasteiger partial charge on any atom is 0.378 e. The number of aromatic nitrogens is 4. The molecule has 0 amide bonds. The van der Waals surface area contributed by atoms with Crippen LogP contribution in [0.1, 0.15) is 17.5 Å². The van der Waals surface area contributed by atoms with Crippen LogP contribution in [0.5, 0.6) is 0 Å². The van der Waals surface area contributed by atoms with Crippen LogP contribution in [0.15, 0.2) is 6.58 Å². The van der Waals surface area contributed by atoms with Gasteiger partial charge in [0.1, 0.15) is 0 Å². The minimum absolute atomic E-state index is 0.0341. The quantitative estimate of drug-likeness (QED) is 0.592. The van der Waals surface area contributed by atoms with E-state index in [0.717, 1.165) is 4.68 Å². The minimum Gasteiger partial charge on any atom is -0.460 e. The van der Waals surface area contributed by atoms with E-state index in [1.807, 2.05) is 0 Å². The second-order valence-electron chi connectivity index (χ2n) is 1.85. The first-order valence-electron chi connectivity index (χ1n) is 3.37. The van der Waals surface area contributed by atoms with Crippen molar-refractivity contribution in [1.82, 2.24) is 20.2 Å². The summed E-state index contributed by atoms with van der Waals surface area (Å²) < 4.78 is 5.83. The monoisotopic (exact) mass is 168 g/mol. The number of hydrogen-bond acceptors (Lipinski definition) is 5. The van der Waals surface area contributed by atoms with Crippen molar-refractivity contribution in [1.29, 1.82) is 0 Å². The number of tetrazole rings is 1. The van der Waals surface area contributed by atoms with Crippen LogP contribution >= 0.6 is 0 Å². The Balaban J connectivity index is 2.86. The molecule has 0 aliphatic heterocycles. The number of ether oxygens (including phenoxy) is 1. The molecule has 0 N–H and O–H groups in total. The number of rotatable bonds is 3. The summed E-state index contributed by atoms with van der Waals surface area (Å²) >= 11 is 0. The molecular formula is C6H8N4O2. The topological polar surface area (TPSA) is 69.9 Å². The van der Waals surface area contributed by atoms with Crippen LogP contribution in [0.25, 0.3) is 6.20 Å². The highest BCUT2D eigenvalue weighted by molar-refractivity contribution is 5.85. The first-order valence-corrected chi connectivity index (χ1v) is 3.37. The molecule has 1 rings (SSSR count). The van der Waals surface area contributed by atoms with Crippen LogP contribution in [-0.2, 0) is 4.74 Å². The molecule has 0 bridgehead atoms. The van der Waals surface area contributed by atoms with Crippen LogP contribution in [0.2, 0.25) is 0 Å². The van der Waals surface area contributed by atoms with Gasteiger partial charge in [0, 0.05) is 6.20 Å². The van der Waals surface area contributed by atoms with E-state index in [-0.39, 0.29) is 5.82 Å². The first kappa shape index (κ1) is 8.38. The largest absolute Gasteiger partial charge is 0.460 e. The van der Waals surface area contributed by atoms with Crippen LogP contribution in [0.4, 0.5) is 0 Å². The van der Waals surface area contributed by atoms with Gasteiger partial charge in [0.15, 0.2) is 0 Å². The van der Waals surface area contributed by atoms with E-state index in [1.165, 1.54) is 6.20 Å². The number of carbonyl (C=O) groups excluding carboxylic acids is 1. The van der Waals surface area contributed by atoms with Crippen LogP contribution in [-0.4, -0.2) is 32.8 Å². The van der Waals surface area contributed by atoms with Gasteiger partial charge >= 0.3 is 5.97 Å². The lowest BCUT2D eigenvalue weighted by atomic mass is 10.6. The van der Waals surface area contributed by atoms with Gasteiger partial charge in [0.05, 0.1) is 6.61 Å². The van der Waals surface area contributed by atoms with Crippen LogP contribution in [0, 0.1) is 0 Å². The van der Waals surface area contributed by atoms with Crippen molar-refractivity contribution in [2.45, 2.75) is 6.92 Å². The molecule has 6 heteroatoms. The van der Waals surface area contributed by atoms with Gasteiger partial charge in [-0.25, -0.2) is 4.79 Å². The smallest absolute Gasteiger partial charge is 0.378 e. The third-order valence-corrected chi connectivity index (χ3v) is 1.12. The lowest BCUT2D eigenvalue weighted by Crippen LogP contribution is -2.11. The number of hydrogen-bond donors (Lipinski definition) is 0. The molecule has 0 radical (unpaired) electrons. The standard InChI is InChI=1S/C6H8N4O2/c1-3-10-5(7-8-9-10)6(11)12-4-2/h3H,1,4H2,2H3. The predicted octanol–water partition coefficient (Wildman–Crippen LogP) is -0.0497. The highest BCUT2D eigenvalue weighted by Crippen LogP contribution is 1.94. The first-order chi connectivity index (χ1) is 5.79. The third kappa shape index (κ3) is 1.47. The van der Waals surface area contributed by atoms with E-state index < -0.39 is 5.97 Å². The van der Waals surface area contributed by atoms with E-state index in [2.05, 4.69) is 26.8 Å². The second-order valence-corrected chi connectivity index (χ2v) is 1.85. The van der Waals surface area contributed by atoms with Gasteiger partial charge in [-0.05, 0) is 17.4 Å². The highest BCUT2D eigenvalue weighted by Gasteiger charge is 2.14. The summed E-state index contributed by atoms with van der Waals surface area (Å²) in [5, 5.41) is 10.2. The summed E-state index contributed by atoms with van der Waals surface area (Å²) in [4.78, 5) is 11.1. The van der Waals surface area contributed by atoms with Gasteiger partial charge in [-0.2, -0.15) is 4.68 Å². The molecule has 0 saturated heterocycles. The van der Waals surface area contributed by atoms with Crippen LogP contribution < -0.4 is 0 Å². The van der Waals surface area contributed by atoms with Gasteiger partial charge in [0.2, 0.25) is 0 Å². The molecule has 0 spiro atoms. The molecule has 0 atom stereocenters. The molecule has 1 aromatic heterocycles. The fraction of sp³-hybridized carbons (Fsp3) is 0.333. The van der Waals surface area contributed by atoms with Crippen molar-refractivity contribution >= 4 is 12.2 Å². The number of esters is 1. The van der Waals surface area contributed by atoms with Crippen molar-refractivity contribution in [3.05, 3.63) is 12.4 Å².